The van der Waals surface area contributed by atoms with E-state index in [1.165, 1.54) is 0 Å². The normalized spacial score (nSPS) is 35.7. The van der Waals surface area contributed by atoms with Gasteiger partial charge in [-0.2, -0.15) is 0 Å². The molecule has 0 heterocycles. The molecule has 1 N–H and O–H groups in total. The quantitative estimate of drug-likeness (QED) is 0.398. The Kier molecular flexibility index (Phi) is 9.93. The fourth-order valence-electron chi connectivity index (χ4n) is 6.70. The van der Waals surface area contributed by atoms with Crippen LogP contribution in [0.15, 0.2) is 0 Å². The molecule has 0 saturated heterocycles. The van der Waals surface area contributed by atoms with Gasteiger partial charge < -0.3 is 10.2 Å². The Labute approximate surface area is 227 Å². The molecule has 0 aromatic heterocycles. The van der Waals surface area contributed by atoms with Crippen LogP contribution in [0.2, 0.25) is 0 Å². The third-order valence-electron chi connectivity index (χ3n) is 9.07. The Morgan fingerprint density at radius 3 is 2.14 bits per heavy atom. The van der Waals surface area contributed by atoms with Crippen LogP contribution in [0.25, 0.3) is 0 Å². The van der Waals surface area contributed by atoms with E-state index in [1.807, 2.05) is 11.8 Å². The first-order valence-electron chi connectivity index (χ1n) is 14.3. The minimum atomic E-state index is -2.99. The van der Waals surface area contributed by atoms with Crippen molar-refractivity contribution in [3.63, 3.8) is 0 Å². The van der Waals surface area contributed by atoms with Gasteiger partial charge in [-0.15, -0.1) is 23.2 Å². The first kappa shape index (κ1) is 28.5. The van der Waals surface area contributed by atoms with E-state index in [2.05, 4.69) is 5.32 Å². The number of nitrogens with zero attached hydrogens (tertiary/aromatic N) is 1. The van der Waals surface area contributed by atoms with Crippen molar-refractivity contribution < 1.29 is 18.0 Å². The predicted octanol–water partition coefficient (Wildman–Crippen LogP) is 5.05. The van der Waals surface area contributed by atoms with Crippen LogP contribution >= 0.6 is 23.2 Å². The van der Waals surface area contributed by atoms with Gasteiger partial charge in [-0.3, -0.25) is 9.59 Å². The van der Waals surface area contributed by atoms with Crippen molar-refractivity contribution in [2.75, 3.05) is 12.3 Å². The highest BCUT2D eigenvalue weighted by atomic mass is 35.5. The maximum atomic E-state index is 13.4. The fraction of sp³-hybridized carbons (Fsp3) is 0.926. The average molecular weight is 564 g/mol. The van der Waals surface area contributed by atoms with Crippen LogP contribution in [-0.2, 0) is 19.4 Å². The summed E-state index contributed by atoms with van der Waals surface area (Å²) in [6.45, 7) is 2.67. The molecule has 4 rings (SSSR count). The molecule has 0 radical (unpaired) electrons. The second-order valence-electron chi connectivity index (χ2n) is 11.8. The Morgan fingerprint density at radius 2 is 1.53 bits per heavy atom. The van der Waals surface area contributed by atoms with Crippen molar-refractivity contribution in [2.45, 2.75) is 125 Å². The lowest BCUT2D eigenvalue weighted by Crippen LogP contribution is -2.52. The third-order valence-corrected chi connectivity index (χ3v) is 12.5. The lowest BCUT2D eigenvalue weighted by molar-refractivity contribution is -0.139. The van der Waals surface area contributed by atoms with Crippen molar-refractivity contribution in [1.29, 1.82) is 0 Å². The van der Waals surface area contributed by atoms with E-state index in [0.717, 1.165) is 57.8 Å². The number of alkyl halides is 2. The van der Waals surface area contributed by atoms with Gasteiger partial charge in [0.2, 0.25) is 11.8 Å². The van der Waals surface area contributed by atoms with Crippen LogP contribution in [0.5, 0.6) is 0 Å². The average Bonchev–Trinajstić information content (AvgIpc) is 3.64. The molecule has 5 atom stereocenters. The molecule has 0 spiro atoms. The molecule has 0 bridgehead atoms. The van der Waals surface area contributed by atoms with Crippen LogP contribution in [0.4, 0.5) is 0 Å². The van der Waals surface area contributed by atoms with Gasteiger partial charge in [-0.25, -0.2) is 8.42 Å². The van der Waals surface area contributed by atoms with Crippen LogP contribution in [0.3, 0.4) is 0 Å². The van der Waals surface area contributed by atoms with Gasteiger partial charge in [0.15, 0.2) is 9.84 Å². The first-order valence-corrected chi connectivity index (χ1v) is 16.9. The lowest BCUT2D eigenvalue weighted by atomic mass is 9.83. The van der Waals surface area contributed by atoms with Gasteiger partial charge in [-0.1, -0.05) is 12.8 Å². The third kappa shape index (κ3) is 7.31. The van der Waals surface area contributed by atoms with E-state index in [0.29, 0.717) is 50.3 Å². The zero-order chi connectivity index (χ0) is 25.9. The molecule has 4 aliphatic rings. The topological polar surface area (TPSA) is 83.6 Å². The molecule has 206 valence electrons. The van der Waals surface area contributed by atoms with Gasteiger partial charge in [0.1, 0.15) is 0 Å². The molecule has 6 nitrogen and oxygen atoms in total. The zero-order valence-electron chi connectivity index (χ0n) is 21.7. The highest BCUT2D eigenvalue weighted by molar-refractivity contribution is 7.92. The summed E-state index contributed by atoms with van der Waals surface area (Å²) in [5.41, 5.74) is 0. The van der Waals surface area contributed by atoms with E-state index < -0.39 is 9.84 Å². The number of halogens is 2. The zero-order valence-corrected chi connectivity index (χ0v) is 24.0. The fourth-order valence-corrected chi connectivity index (χ4v) is 9.82. The number of sulfone groups is 1. The molecular weight excluding hydrogens is 519 g/mol. The standard InChI is InChI=1S/C27H44Cl2N2O4S/c1-2-31(25-6-4-3-5-23(25)28)27(33)22-14-11-20(16-24(22)29)30-26(32)15-18-9-12-21(13-10-18)36(34,35)17-19-7-8-19/h18-25H,2-17H2,1H3,(H,30,32). The monoisotopic (exact) mass is 562 g/mol. The number of carbonyl (C=O) groups is 2. The Bertz CT molecular complexity index is 873. The van der Waals surface area contributed by atoms with Crippen molar-refractivity contribution in [2.24, 2.45) is 17.8 Å². The summed E-state index contributed by atoms with van der Waals surface area (Å²) in [5.74, 6) is 0.923. The van der Waals surface area contributed by atoms with Gasteiger partial charge in [0.05, 0.1) is 22.3 Å². The maximum Gasteiger partial charge on any atom is 0.227 e. The first-order chi connectivity index (χ1) is 17.2. The van der Waals surface area contributed by atoms with Gasteiger partial charge in [0, 0.05) is 30.4 Å². The van der Waals surface area contributed by atoms with E-state index in [9.17, 15) is 18.0 Å². The lowest BCUT2D eigenvalue weighted by Gasteiger charge is -2.41. The Hall–Kier alpha value is -0.530. The van der Waals surface area contributed by atoms with Gasteiger partial charge in [0.25, 0.3) is 0 Å². The Balaban J connectivity index is 1.20. The minimum absolute atomic E-state index is 0.00941. The second-order valence-corrected chi connectivity index (χ2v) is 15.3. The highest BCUT2D eigenvalue weighted by Gasteiger charge is 2.40. The van der Waals surface area contributed by atoms with Gasteiger partial charge >= 0.3 is 0 Å². The maximum absolute atomic E-state index is 13.4. The number of amides is 2. The van der Waals surface area contributed by atoms with E-state index >= 15 is 0 Å². The van der Waals surface area contributed by atoms with E-state index in [-0.39, 0.29) is 51.7 Å². The van der Waals surface area contributed by atoms with E-state index in [4.69, 9.17) is 23.2 Å². The number of carbonyl (C=O) groups excluding carboxylic acids is 2. The molecule has 4 fully saturated rings. The van der Waals surface area contributed by atoms with Crippen molar-refractivity contribution in [3.05, 3.63) is 0 Å². The number of nitrogens with one attached hydrogen (secondary N) is 1. The van der Waals surface area contributed by atoms with Gasteiger partial charge in [-0.05, 0) is 89.4 Å². The number of rotatable bonds is 9. The molecule has 0 aromatic carbocycles. The van der Waals surface area contributed by atoms with Crippen molar-refractivity contribution in [3.8, 4) is 0 Å². The Morgan fingerprint density at radius 1 is 0.861 bits per heavy atom. The summed E-state index contributed by atoms with van der Waals surface area (Å²) in [5, 5.41) is 2.66. The largest absolute Gasteiger partial charge is 0.353 e. The molecule has 36 heavy (non-hydrogen) atoms. The molecule has 2 amide bonds. The molecule has 5 unspecified atom stereocenters. The molecule has 4 aliphatic carbocycles. The van der Waals surface area contributed by atoms with Crippen LogP contribution in [0.1, 0.15) is 96.8 Å². The summed E-state index contributed by atoms with van der Waals surface area (Å²) in [7, 11) is -2.99. The second kappa shape index (κ2) is 12.5. The van der Waals surface area contributed by atoms with Crippen LogP contribution < -0.4 is 5.32 Å². The molecular formula is C27H44Cl2N2O4S. The van der Waals surface area contributed by atoms with Crippen molar-refractivity contribution in [1.82, 2.24) is 10.2 Å². The molecule has 9 heteroatoms. The van der Waals surface area contributed by atoms with Crippen LogP contribution in [-0.4, -0.2) is 65.5 Å². The SMILES string of the molecule is CCN(C(=O)C1CCC(NC(=O)CC2CCC(S(=O)(=O)CC3CC3)CC2)CC1Cl)C1CCCCC1Cl. The molecule has 0 aromatic rings. The number of hydrogen-bond acceptors (Lipinski definition) is 4. The summed E-state index contributed by atoms with van der Waals surface area (Å²) >= 11 is 13.3. The number of hydrogen-bond donors (Lipinski definition) is 1. The summed E-state index contributed by atoms with van der Waals surface area (Å²) in [4.78, 5) is 28.1. The predicted molar refractivity (Wildman–Crippen MR) is 145 cm³/mol. The summed E-state index contributed by atoms with van der Waals surface area (Å²) < 4.78 is 25.1. The van der Waals surface area contributed by atoms with Crippen LogP contribution in [0, 0.1) is 17.8 Å². The molecule has 0 aliphatic heterocycles. The molecule has 4 saturated carbocycles. The highest BCUT2D eigenvalue weighted by Crippen LogP contribution is 2.37. The minimum Gasteiger partial charge on any atom is -0.353 e. The summed E-state index contributed by atoms with van der Waals surface area (Å²) in [6.07, 6.45) is 11.7. The summed E-state index contributed by atoms with van der Waals surface area (Å²) in [6, 6.07) is 0.0860. The van der Waals surface area contributed by atoms with E-state index in [1.54, 1.807) is 0 Å². The van der Waals surface area contributed by atoms with Crippen molar-refractivity contribution >= 4 is 44.9 Å². The smallest absolute Gasteiger partial charge is 0.227 e.